The number of hydrogen-bond donors (Lipinski definition) is 2. The molecule has 0 atom stereocenters. The number of carbonyl (C=O) groups is 3. The maximum Gasteiger partial charge on any atom is 0.303 e. The largest absolute Gasteiger partial charge is 0.491 e. The summed E-state index contributed by atoms with van der Waals surface area (Å²) in [5.74, 6) is 0.806. The number of nitrogens with one attached hydrogen (secondary N) is 1. The molecule has 2 aromatic rings. The van der Waals surface area contributed by atoms with Gasteiger partial charge in [0.05, 0.1) is 18.8 Å². The van der Waals surface area contributed by atoms with Crippen molar-refractivity contribution in [1.82, 2.24) is 9.88 Å². The summed E-state index contributed by atoms with van der Waals surface area (Å²) in [4.78, 5) is 45.4. The third-order valence-electron chi connectivity index (χ3n) is 8.12. The smallest absolute Gasteiger partial charge is 0.303 e. The topological polar surface area (TPSA) is 124 Å². The first-order chi connectivity index (χ1) is 19.5. The molecule has 5 rings (SSSR count). The number of aliphatic carboxylic acids is 1. The highest BCUT2D eigenvalue weighted by molar-refractivity contribution is 6.05. The van der Waals surface area contributed by atoms with Gasteiger partial charge < -0.3 is 19.6 Å². The highest BCUT2D eigenvalue weighted by Gasteiger charge is 2.33. The second kappa shape index (κ2) is 11.6. The summed E-state index contributed by atoms with van der Waals surface area (Å²) in [6.45, 7) is 8.26. The molecule has 1 aromatic heterocycles. The first kappa shape index (κ1) is 28.8. The molecular weight excluding hydrogens is 520 g/mol. The number of carboxylic acid groups (broad SMARTS) is 1. The van der Waals surface area contributed by atoms with E-state index in [0.717, 1.165) is 35.3 Å². The van der Waals surface area contributed by atoms with Crippen molar-refractivity contribution in [1.29, 1.82) is 5.41 Å². The van der Waals surface area contributed by atoms with Crippen molar-refractivity contribution in [2.75, 3.05) is 31.1 Å². The summed E-state index contributed by atoms with van der Waals surface area (Å²) in [6.07, 6.45) is 4.39. The van der Waals surface area contributed by atoms with Gasteiger partial charge in [0.25, 0.3) is 0 Å². The van der Waals surface area contributed by atoms with Gasteiger partial charge in [0.15, 0.2) is 5.78 Å². The Morgan fingerprint density at radius 2 is 1.85 bits per heavy atom. The van der Waals surface area contributed by atoms with Gasteiger partial charge in [-0.3, -0.25) is 19.8 Å². The van der Waals surface area contributed by atoms with E-state index < -0.39 is 5.97 Å². The van der Waals surface area contributed by atoms with Gasteiger partial charge in [-0.1, -0.05) is 26.8 Å². The highest BCUT2D eigenvalue weighted by atomic mass is 16.5. The fraction of sp³-hybridized carbons (Fsp3) is 0.531. The SMILES string of the molecule is CC(C)(C)c1cc(C(=O)CN2Cc3ccc(C4CC4)nc3C2=N)cc(N2CCC(=O)CC2)c1OCCCCC(=O)O. The molecular formula is C32H40N4O5. The Balaban J connectivity index is 1.41. The minimum atomic E-state index is -0.824. The Bertz CT molecular complexity index is 1360. The Kier molecular flexibility index (Phi) is 8.16. The van der Waals surface area contributed by atoms with E-state index in [1.165, 1.54) is 0 Å². The standard InChI is InChI=1S/C32H40N4O5/c1-32(2,3)24-16-22(27(38)19-36-18-21-9-10-25(20-7-8-20)34-29(21)31(36)33)17-26(35-13-11-23(37)12-14-35)30(24)41-15-5-4-6-28(39)40/h9-10,16-17,20,33H,4-8,11-15,18-19H2,1-3H3,(H,39,40). The van der Waals surface area contributed by atoms with Gasteiger partial charge in [-0.15, -0.1) is 0 Å². The first-order valence-corrected chi connectivity index (χ1v) is 14.7. The predicted molar refractivity (Wildman–Crippen MR) is 156 cm³/mol. The second-order valence-corrected chi connectivity index (χ2v) is 12.5. The Labute approximate surface area is 241 Å². The summed E-state index contributed by atoms with van der Waals surface area (Å²) >= 11 is 0. The molecule has 1 saturated heterocycles. The number of unbranched alkanes of at least 4 members (excludes halogenated alkanes) is 1. The number of aromatic nitrogens is 1. The summed E-state index contributed by atoms with van der Waals surface area (Å²) < 4.78 is 6.34. The van der Waals surface area contributed by atoms with Crippen LogP contribution in [0.5, 0.6) is 5.75 Å². The average molecular weight is 561 g/mol. The van der Waals surface area contributed by atoms with Crippen LogP contribution in [0.1, 0.15) is 105 Å². The van der Waals surface area contributed by atoms with Crippen molar-refractivity contribution in [3.63, 3.8) is 0 Å². The molecule has 1 saturated carbocycles. The van der Waals surface area contributed by atoms with E-state index in [1.54, 1.807) is 4.90 Å². The maximum atomic E-state index is 13.8. The van der Waals surface area contributed by atoms with Crippen LogP contribution in [0.3, 0.4) is 0 Å². The zero-order valence-electron chi connectivity index (χ0n) is 24.3. The van der Waals surface area contributed by atoms with E-state index in [4.69, 9.17) is 20.2 Å². The number of Topliss-reactive ketones (excluding diaryl/α,β-unsaturated/α-hetero) is 2. The maximum absolute atomic E-state index is 13.8. The normalized spacial score (nSPS) is 17.1. The zero-order chi connectivity index (χ0) is 29.3. The lowest BCUT2D eigenvalue weighted by Gasteiger charge is -2.33. The number of piperidine rings is 1. The lowest BCUT2D eigenvalue weighted by atomic mass is 9.84. The molecule has 1 aromatic carbocycles. The van der Waals surface area contributed by atoms with Crippen molar-refractivity contribution >= 4 is 29.1 Å². The lowest BCUT2D eigenvalue weighted by Crippen LogP contribution is -2.35. The van der Waals surface area contributed by atoms with E-state index in [9.17, 15) is 14.4 Å². The summed E-state index contributed by atoms with van der Waals surface area (Å²) in [7, 11) is 0. The number of ketones is 2. The van der Waals surface area contributed by atoms with Gasteiger partial charge in [0, 0.05) is 67.2 Å². The number of hydrogen-bond acceptors (Lipinski definition) is 7. The second-order valence-electron chi connectivity index (χ2n) is 12.5. The summed E-state index contributed by atoms with van der Waals surface area (Å²) in [6, 6.07) is 7.88. The number of amidine groups is 1. The van der Waals surface area contributed by atoms with E-state index >= 15 is 0 Å². The van der Waals surface area contributed by atoms with Crippen LogP contribution in [0.15, 0.2) is 24.3 Å². The number of carbonyl (C=O) groups excluding carboxylic acids is 2. The van der Waals surface area contributed by atoms with Gasteiger partial charge in [0.2, 0.25) is 0 Å². The highest BCUT2D eigenvalue weighted by Crippen LogP contribution is 2.42. The van der Waals surface area contributed by atoms with Crippen molar-refractivity contribution in [2.24, 2.45) is 0 Å². The van der Waals surface area contributed by atoms with Crippen LogP contribution in [0.2, 0.25) is 0 Å². The van der Waals surface area contributed by atoms with E-state index in [0.29, 0.717) is 80.7 Å². The van der Waals surface area contributed by atoms with Crippen LogP contribution in [0, 0.1) is 5.41 Å². The fourth-order valence-corrected chi connectivity index (χ4v) is 5.54. The van der Waals surface area contributed by atoms with E-state index in [1.807, 2.05) is 18.2 Å². The van der Waals surface area contributed by atoms with Gasteiger partial charge in [-0.2, -0.15) is 0 Å². The number of fused-ring (bicyclic) bond motifs is 1. The molecule has 2 N–H and O–H groups in total. The van der Waals surface area contributed by atoms with Gasteiger partial charge in [-0.25, -0.2) is 4.98 Å². The molecule has 3 aliphatic rings. The predicted octanol–water partition coefficient (Wildman–Crippen LogP) is 5.08. The van der Waals surface area contributed by atoms with Crippen molar-refractivity contribution in [2.45, 2.75) is 83.6 Å². The number of anilines is 1. The van der Waals surface area contributed by atoms with Crippen molar-refractivity contribution in [3.05, 3.63) is 52.3 Å². The number of benzene rings is 1. The van der Waals surface area contributed by atoms with Gasteiger partial charge >= 0.3 is 5.97 Å². The van der Waals surface area contributed by atoms with Crippen LogP contribution in [0.4, 0.5) is 5.69 Å². The van der Waals surface area contributed by atoms with Crippen LogP contribution < -0.4 is 9.64 Å². The number of ether oxygens (including phenoxy) is 1. The molecule has 0 amide bonds. The van der Waals surface area contributed by atoms with Crippen LogP contribution >= 0.6 is 0 Å². The molecule has 218 valence electrons. The van der Waals surface area contributed by atoms with E-state index in [-0.39, 0.29) is 29.9 Å². The monoisotopic (exact) mass is 560 g/mol. The summed E-state index contributed by atoms with van der Waals surface area (Å²) in [5, 5.41) is 17.7. The molecule has 2 fully saturated rings. The fourth-order valence-electron chi connectivity index (χ4n) is 5.54. The number of carboxylic acids is 1. The Morgan fingerprint density at radius 1 is 1.12 bits per heavy atom. The molecule has 9 nitrogen and oxygen atoms in total. The third kappa shape index (κ3) is 6.60. The van der Waals surface area contributed by atoms with Crippen molar-refractivity contribution < 1.29 is 24.2 Å². The lowest BCUT2D eigenvalue weighted by molar-refractivity contribution is -0.137. The third-order valence-corrected chi connectivity index (χ3v) is 8.12. The quantitative estimate of drug-likeness (QED) is 0.288. The molecule has 0 unspecified atom stereocenters. The molecule has 9 heteroatoms. The molecule has 2 aliphatic heterocycles. The molecule has 41 heavy (non-hydrogen) atoms. The Hall–Kier alpha value is -3.75. The van der Waals surface area contributed by atoms with E-state index in [2.05, 4.69) is 31.7 Å². The Morgan fingerprint density at radius 3 is 2.51 bits per heavy atom. The van der Waals surface area contributed by atoms with Gasteiger partial charge in [-0.05, 0) is 49.3 Å². The number of pyridine rings is 1. The first-order valence-electron chi connectivity index (χ1n) is 14.7. The summed E-state index contributed by atoms with van der Waals surface area (Å²) in [5.41, 5.74) is 4.60. The van der Waals surface area contributed by atoms with Crippen molar-refractivity contribution in [3.8, 4) is 5.75 Å². The molecule has 0 radical (unpaired) electrons. The average Bonchev–Trinajstić information content (AvgIpc) is 3.73. The van der Waals surface area contributed by atoms with Crippen LogP contribution in [-0.2, 0) is 21.5 Å². The minimum absolute atomic E-state index is 0.0743. The molecule has 3 heterocycles. The minimum Gasteiger partial charge on any atom is -0.491 e. The number of rotatable bonds is 11. The molecule has 0 spiro atoms. The molecule has 1 aliphatic carbocycles. The molecule has 0 bridgehead atoms. The van der Waals surface area contributed by atoms with Gasteiger partial charge in [0.1, 0.15) is 23.1 Å². The number of nitrogens with zero attached hydrogens (tertiary/aromatic N) is 3. The van der Waals surface area contributed by atoms with Crippen LogP contribution in [0.25, 0.3) is 0 Å². The zero-order valence-corrected chi connectivity index (χ0v) is 24.3. The van der Waals surface area contributed by atoms with Crippen LogP contribution in [-0.4, -0.2) is 64.6 Å².